The second-order valence-electron chi connectivity index (χ2n) is 9.39. The Morgan fingerprint density at radius 3 is 2.50 bits per heavy atom. The summed E-state index contributed by atoms with van der Waals surface area (Å²) in [6.07, 6.45) is 11.8. The van der Waals surface area contributed by atoms with Crippen LogP contribution in [0, 0.1) is 5.92 Å². The zero-order chi connectivity index (χ0) is 27.2. The fourth-order valence-corrected chi connectivity index (χ4v) is 4.33. The van der Waals surface area contributed by atoms with Crippen molar-refractivity contribution in [1.29, 1.82) is 0 Å². The number of aliphatic carboxylic acids is 1. The molecule has 3 N–H and O–H groups in total. The summed E-state index contributed by atoms with van der Waals surface area (Å²) in [7, 11) is 0. The predicted molar refractivity (Wildman–Crippen MR) is 138 cm³/mol. The smallest absolute Gasteiger partial charge is 0.320 e. The second kappa shape index (κ2) is 12.3. The molecule has 0 saturated heterocycles. The van der Waals surface area contributed by atoms with Gasteiger partial charge in [0.15, 0.2) is 0 Å². The Morgan fingerprint density at radius 1 is 1.25 bits per heavy atom. The van der Waals surface area contributed by atoms with Crippen LogP contribution in [0.2, 0.25) is 0 Å². The summed E-state index contributed by atoms with van der Waals surface area (Å²) in [5, 5.41) is 8.83. The van der Waals surface area contributed by atoms with Crippen LogP contribution in [-0.4, -0.2) is 51.7 Å². The number of nitrogens with two attached hydrogens (primary N) is 1. The number of ether oxygens (including phenoxy) is 1. The normalized spacial score (nSPS) is 22.3. The molecule has 0 bridgehead atoms. The van der Waals surface area contributed by atoms with E-state index in [0.717, 1.165) is 18.9 Å². The van der Waals surface area contributed by atoms with Crippen LogP contribution in [0.5, 0.6) is 0 Å². The summed E-state index contributed by atoms with van der Waals surface area (Å²) in [6, 6.07) is -0.934. The second-order valence-corrected chi connectivity index (χ2v) is 9.77. The van der Waals surface area contributed by atoms with Crippen molar-refractivity contribution in [1.82, 2.24) is 4.90 Å². The molecule has 0 radical (unpaired) electrons. The number of hydrogen-bond acceptors (Lipinski definition) is 7. The van der Waals surface area contributed by atoms with E-state index < -0.39 is 35.1 Å². The van der Waals surface area contributed by atoms with E-state index in [1.165, 1.54) is 6.92 Å². The summed E-state index contributed by atoms with van der Waals surface area (Å²) in [6.45, 7) is 9.08. The molecule has 196 valence electrons. The lowest BCUT2D eigenvalue weighted by molar-refractivity contribution is -0.167. The Morgan fingerprint density at radius 2 is 1.92 bits per heavy atom. The zero-order valence-electron chi connectivity index (χ0n) is 21.5. The summed E-state index contributed by atoms with van der Waals surface area (Å²) < 4.78 is 5.13. The molecule has 0 aromatic rings. The van der Waals surface area contributed by atoms with Crippen molar-refractivity contribution in [2.45, 2.75) is 71.9 Å². The number of carboxylic acids is 1. The van der Waals surface area contributed by atoms with Gasteiger partial charge in [-0.1, -0.05) is 49.6 Å². The minimum Gasteiger partial charge on any atom is -0.480 e. The van der Waals surface area contributed by atoms with Gasteiger partial charge < -0.3 is 20.5 Å². The van der Waals surface area contributed by atoms with Crippen LogP contribution in [0.3, 0.4) is 0 Å². The van der Waals surface area contributed by atoms with E-state index >= 15 is 0 Å². The number of hydrogen-bond donors (Lipinski definition) is 2. The Kier molecular flexibility index (Phi) is 10.0. The van der Waals surface area contributed by atoms with Gasteiger partial charge in [0.25, 0.3) is 0 Å². The molecule has 0 saturated carbocycles. The van der Waals surface area contributed by atoms with Crippen LogP contribution in [0.4, 0.5) is 0 Å². The molecule has 3 atom stereocenters. The molecule has 0 unspecified atom stereocenters. The average Bonchev–Trinajstić information content (AvgIpc) is 2.82. The summed E-state index contributed by atoms with van der Waals surface area (Å²) in [5.41, 5.74) is 5.80. The highest BCUT2D eigenvalue weighted by molar-refractivity contribution is 6.49. The number of ketones is 2. The Balaban J connectivity index is 2.44. The minimum absolute atomic E-state index is 0.172. The standard InChI is InChI=1S/C27H35ClN2O6/c1-6-16(2)13-17(3)10-11-19-14-20-21(15-30(19)12-8-7-9-22(29)26(34)35)24(32)27(5,36-18(4)31)25(33)23(20)28/h10-11,13-16,22H,6-9,12,29H2,1-5H3,(H,34,35)/b11-10+,17-13+/t16-,22+,27+/m0/s1. The molecule has 2 rings (SSSR count). The van der Waals surface area contributed by atoms with Crippen LogP contribution in [-0.2, 0) is 23.9 Å². The number of unbranched alkanes of at least 4 members (excludes halogenated alkanes) is 1. The van der Waals surface area contributed by atoms with Gasteiger partial charge in [0.2, 0.25) is 17.2 Å². The van der Waals surface area contributed by atoms with E-state index in [0.29, 0.717) is 37.4 Å². The van der Waals surface area contributed by atoms with Crippen molar-refractivity contribution >= 4 is 35.1 Å². The molecular weight excluding hydrogens is 484 g/mol. The van der Waals surface area contributed by atoms with E-state index in [-0.39, 0.29) is 16.2 Å². The fourth-order valence-electron chi connectivity index (χ4n) is 3.99. The van der Waals surface area contributed by atoms with Gasteiger partial charge in [-0.3, -0.25) is 19.2 Å². The lowest BCUT2D eigenvalue weighted by Crippen LogP contribution is -2.52. The van der Waals surface area contributed by atoms with Crippen molar-refractivity contribution in [3.63, 3.8) is 0 Å². The highest BCUT2D eigenvalue weighted by atomic mass is 35.5. The first-order chi connectivity index (χ1) is 16.8. The number of carbonyl (C=O) groups is 4. The fraction of sp³-hybridized carbons (Fsp3) is 0.481. The third kappa shape index (κ3) is 6.83. The van der Waals surface area contributed by atoms with E-state index in [9.17, 15) is 19.2 Å². The SMILES string of the molecule is CC[C@H](C)/C=C(C)/C=C/C1=CC2=C(Cl)C(=O)[C@](C)(OC(C)=O)C(=O)C2=CN1CCCC[C@@H](N)C(=O)O. The molecule has 0 fully saturated rings. The molecule has 1 aliphatic carbocycles. The van der Waals surface area contributed by atoms with Gasteiger partial charge in [-0.05, 0) is 51.2 Å². The third-order valence-electron chi connectivity index (χ3n) is 6.28. The predicted octanol–water partition coefficient (Wildman–Crippen LogP) is 4.17. The molecule has 1 aliphatic heterocycles. The Bertz CT molecular complexity index is 1080. The molecule has 2 aliphatic rings. The molecule has 36 heavy (non-hydrogen) atoms. The number of fused-ring (bicyclic) bond motifs is 1. The van der Waals surface area contributed by atoms with Crippen LogP contribution in [0.25, 0.3) is 0 Å². The topological polar surface area (TPSA) is 127 Å². The maximum absolute atomic E-state index is 13.3. The lowest BCUT2D eigenvalue weighted by Gasteiger charge is -2.35. The largest absolute Gasteiger partial charge is 0.480 e. The number of carbonyl (C=O) groups excluding carboxylic acids is 3. The molecule has 9 heteroatoms. The molecule has 0 amide bonds. The number of esters is 1. The van der Waals surface area contributed by atoms with Crippen LogP contribution in [0.1, 0.15) is 60.3 Å². The average molecular weight is 519 g/mol. The monoisotopic (exact) mass is 518 g/mol. The van der Waals surface area contributed by atoms with Crippen molar-refractivity contribution in [2.75, 3.05) is 6.54 Å². The first-order valence-corrected chi connectivity index (χ1v) is 12.4. The Labute approximate surface area is 217 Å². The molecular formula is C27H35ClN2O6. The van der Waals surface area contributed by atoms with Crippen molar-refractivity contribution in [2.24, 2.45) is 11.7 Å². The highest BCUT2D eigenvalue weighted by Gasteiger charge is 2.52. The maximum atomic E-state index is 13.3. The molecule has 1 heterocycles. The first-order valence-electron chi connectivity index (χ1n) is 12.1. The van der Waals surface area contributed by atoms with Crippen molar-refractivity contribution in [3.8, 4) is 0 Å². The number of halogens is 1. The number of allylic oxidation sites excluding steroid dienone is 6. The van der Waals surface area contributed by atoms with E-state index in [4.69, 9.17) is 27.2 Å². The van der Waals surface area contributed by atoms with Crippen LogP contribution in [0.15, 0.2) is 58.0 Å². The number of Topliss-reactive ketones (excluding diaryl/α,β-unsaturated/α-hetero) is 2. The van der Waals surface area contributed by atoms with Gasteiger partial charge in [0.1, 0.15) is 6.04 Å². The number of carboxylic acid groups (broad SMARTS) is 1. The van der Waals surface area contributed by atoms with Gasteiger partial charge in [-0.2, -0.15) is 0 Å². The quantitative estimate of drug-likeness (QED) is 0.180. The first kappa shape index (κ1) is 29.3. The number of nitrogens with zero attached hydrogens (tertiary/aromatic N) is 1. The van der Waals surface area contributed by atoms with Crippen LogP contribution >= 0.6 is 11.6 Å². The summed E-state index contributed by atoms with van der Waals surface area (Å²) in [4.78, 5) is 50.7. The molecule has 0 spiro atoms. The zero-order valence-corrected chi connectivity index (χ0v) is 22.2. The van der Waals surface area contributed by atoms with Gasteiger partial charge in [0, 0.05) is 36.5 Å². The lowest BCUT2D eigenvalue weighted by atomic mass is 9.79. The summed E-state index contributed by atoms with van der Waals surface area (Å²) in [5.74, 6) is -2.81. The van der Waals surface area contributed by atoms with Crippen molar-refractivity contribution in [3.05, 3.63) is 58.0 Å². The molecule has 0 aromatic heterocycles. The van der Waals surface area contributed by atoms with E-state index in [1.54, 1.807) is 12.3 Å². The van der Waals surface area contributed by atoms with Gasteiger partial charge in [0.05, 0.1) is 5.03 Å². The highest BCUT2D eigenvalue weighted by Crippen LogP contribution is 2.39. The minimum atomic E-state index is -2.03. The van der Waals surface area contributed by atoms with Gasteiger partial charge in [-0.25, -0.2) is 0 Å². The maximum Gasteiger partial charge on any atom is 0.320 e. The Hall–Kier alpha value is -2.97. The van der Waals surface area contributed by atoms with E-state index in [2.05, 4.69) is 19.9 Å². The van der Waals surface area contributed by atoms with Gasteiger partial charge in [-0.15, -0.1) is 0 Å². The third-order valence-corrected chi connectivity index (χ3v) is 6.66. The molecule has 8 nitrogen and oxygen atoms in total. The van der Waals surface area contributed by atoms with E-state index in [1.807, 2.05) is 24.0 Å². The molecule has 0 aromatic carbocycles. The van der Waals surface area contributed by atoms with Crippen LogP contribution < -0.4 is 5.73 Å². The summed E-state index contributed by atoms with van der Waals surface area (Å²) >= 11 is 6.41. The van der Waals surface area contributed by atoms with Crippen molar-refractivity contribution < 1.29 is 29.0 Å². The van der Waals surface area contributed by atoms with Gasteiger partial charge >= 0.3 is 11.9 Å². The number of rotatable bonds is 11.